The van der Waals surface area contributed by atoms with Crippen molar-refractivity contribution in [3.63, 3.8) is 0 Å². The third-order valence-corrected chi connectivity index (χ3v) is 0. The van der Waals surface area contributed by atoms with Crippen LogP contribution in [-0.2, 0) is 0 Å². The minimum atomic E-state index is 0. The van der Waals surface area contributed by atoms with Crippen LogP contribution in [0.3, 0.4) is 0 Å². The molecule has 0 heterocycles. The van der Waals surface area contributed by atoms with Gasteiger partial charge >= 0.3 is 0 Å². The summed E-state index contributed by atoms with van der Waals surface area (Å²) >= 11 is 0. The van der Waals surface area contributed by atoms with E-state index in [-0.39, 0.29) is 1890 Å². The van der Waals surface area contributed by atoms with Crippen LogP contribution in [0.5, 0.6) is 0 Å². The van der Waals surface area contributed by atoms with E-state index in [1.165, 1.54) is 19.3 Å². The molecule has 67 heavy (non-hydrogen) atoms. The van der Waals surface area contributed by atoms with Gasteiger partial charge < -0.3 is 0 Å². The Balaban J connectivity index is -0.000000000282. The molecule has 0 aliphatic carbocycles. The van der Waals surface area contributed by atoms with Crippen LogP contribution in [0.25, 0.3) is 0 Å². The van der Waals surface area contributed by atoms with Crippen molar-refractivity contribution in [2.75, 3.05) is 0 Å². The predicted molar refractivity (Wildman–Crippen MR) is 93.3 cm³/mol. The molecule has 0 bridgehead atoms. The fourth-order valence-corrected chi connectivity index (χ4v) is 0. The molecular formula is C17H48Ar50. The zero-order valence-electron chi connectivity index (χ0n) is 33.8. The minimum Gasteiger partial charge on any atom is -0.0683 e. The first-order valence-electron chi connectivity index (χ1n) is 8.24. The molecular weight excluding hydrogens is 2200 g/mol. The predicted octanol–water partition coefficient (Wildman–Crippen LogP) is 8.35. The Labute approximate surface area is 1920 Å². The van der Waals surface area contributed by atoms with Gasteiger partial charge in [0, 0.05) is 1890 Å². The molecule has 0 atom stereocenters. The fourth-order valence-electron chi connectivity index (χ4n) is 0. The maximum Gasteiger partial charge on any atom is 0 e. The monoisotopic (exact) mass is 2250 g/mol. The molecule has 0 fully saturated rings. The van der Waals surface area contributed by atoms with E-state index in [0.717, 1.165) is 0 Å². The molecule has 50 heteroatoms. The van der Waals surface area contributed by atoms with Gasteiger partial charge in [0.05, 0.1) is 0 Å². The summed E-state index contributed by atoms with van der Waals surface area (Å²) in [5.41, 5.74) is 0. The smallest absolute Gasteiger partial charge is 0 e. The molecule has 0 aliphatic rings. The molecule has 0 amide bonds. The molecule has 0 aliphatic heterocycles. The molecule has 0 aromatic heterocycles. The summed E-state index contributed by atoms with van der Waals surface area (Å²) < 4.78 is 0. The van der Waals surface area contributed by atoms with Crippen LogP contribution in [0.15, 0.2) is 0 Å². The quantitative estimate of drug-likeness (QED) is 0.229. The van der Waals surface area contributed by atoms with Gasteiger partial charge in [-0.3, -0.25) is 0 Å². The van der Waals surface area contributed by atoms with Gasteiger partial charge in [-0.05, 0) is 0 Å². The molecule has 0 spiro atoms. The molecule has 516 valence electrons. The summed E-state index contributed by atoms with van der Waals surface area (Å²) in [5.74, 6) is 0. The van der Waals surface area contributed by atoms with Crippen LogP contribution in [0, 0.1) is 1890 Å². The van der Waals surface area contributed by atoms with Gasteiger partial charge in [0.1, 0.15) is 0 Å². The van der Waals surface area contributed by atoms with Crippen molar-refractivity contribution in [2.45, 2.75) is 116 Å². The van der Waals surface area contributed by atoms with Crippen molar-refractivity contribution in [3.05, 3.63) is 0 Å². The Bertz CT molecular complexity index is 59.5. The molecule has 0 unspecified atom stereocenters. The summed E-state index contributed by atoms with van der Waals surface area (Å²) in [7, 11) is 0. The topological polar surface area (TPSA) is 0 Å². The van der Waals surface area contributed by atoms with Crippen molar-refractivity contribution in [1.82, 2.24) is 0 Å². The second kappa shape index (κ2) is 485. The van der Waals surface area contributed by atoms with E-state index >= 15 is 0 Å². The summed E-state index contributed by atoms with van der Waals surface area (Å²) in [6.07, 6.45) is 3.75. The second-order valence-corrected chi connectivity index (χ2v) is 2.12. The SMILES string of the molecule is CC.CC.CC.CC.CCC.CCC.CCC.[Ar].[Ar].[Ar].[Ar].[Ar].[Ar].[Ar].[Ar].[Ar].[Ar].[Ar].[Ar].[Ar].[Ar].[Ar].[Ar].[Ar].[Ar].[Ar].[Ar].[Ar].[Ar].[Ar].[Ar].[Ar].[Ar].[Ar].[Ar].[Ar].[Ar].[Ar].[Ar].[Ar].[Ar].[Ar].[Ar].[Ar].[Ar].[Ar].[Ar].[Ar].[Ar].[Ar].[Ar].[Ar].[Ar].[Ar].[Ar].[Ar].[Ar]. The molecule has 0 saturated heterocycles. The molecule has 0 saturated carbocycles. The number of hydrogen-bond donors (Lipinski definition) is 0. The third-order valence-electron chi connectivity index (χ3n) is 0. The molecule has 0 rings (SSSR count). The van der Waals surface area contributed by atoms with Gasteiger partial charge in [-0.25, -0.2) is 0 Å². The van der Waals surface area contributed by atoms with Crippen LogP contribution >= 0.6 is 0 Å². The Morgan fingerprint density at radius 1 is 0.0896 bits per heavy atom. The van der Waals surface area contributed by atoms with Gasteiger partial charge in [-0.2, -0.15) is 0 Å². The Morgan fingerprint density at radius 3 is 0.0896 bits per heavy atom. The minimum absolute atomic E-state index is 0. The first kappa shape index (κ1) is 406. The van der Waals surface area contributed by atoms with Gasteiger partial charge in [0.15, 0.2) is 0 Å². The van der Waals surface area contributed by atoms with Crippen LogP contribution in [0.1, 0.15) is 116 Å². The summed E-state index contributed by atoms with van der Waals surface area (Å²) in [5, 5.41) is 0. The standard InChI is InChI=1S/3C3H8.4C2H6.50Ar/c3*1-3-2;4*1-2;;;;;;;;;;;;;;;;;;;;;;;;;;;;;;;;;;;;;;;;;;;;;;;;;;/h3*3H2,1-2H3;4*1-2H3;;;;;;;;;;;;;;;;;;;;;;;;;;;;;;;;;;;;;;;;;;;;;;;;;;. The van der Waals surface area contributed by atoms with Crippen LogP contribution < -0.4 is 0 Å². The molecule has 0 aromatic rings. The Morgan fingerprint density at radius 2 is 0.0896 bits per heavy atom. The van der Waals surface area contributed by atoms with Crippen molar-refractivity contribution in [2.24, 2.45) is 0 Å². The average molecular weight is 2250 g/mol. The van der Waals surface area contributed by atoms with Crippen LogP contribution in [-0.4, -0.2) is 0 Å². The first-order chi connectivity index (χ1) is 8.24. The van der Waals surface area contributed by atoms with E-state index in [4.69, 9.17) is 0 Å². The van der Waals surface area contributed by atoms with E-state index in [1.54, 1.807) is 0 Å². The molecule has 0 aromatic carbocycles. The average Bonchev–Trinajstić information content (AvgIpc) is 2.41. The summed E-state index contributed by atoms with van der Waals surface area (Å²) in [6.45, 7) is 28.8. The van der Waals surface area contributed by atoms with E-state index in [9.17, 15) is 0 Å². The van der Waals surface area contributed by atoms with E-state index < -0.39 is 0 Å². The zero-order chi connectivity index (χ0) is 16.1. The Kier molecular flexibility index (Phi) is 2940. The summed E-state index contributed by atoms with van der Waals surface area (Å²) in [4.78, 5) is 0. The van der Waals surface area contributed by atoms with Gasteiger partial charge in [0.25, 0.3) is 0 Å². The first-order valence-corrected chi connectivity index (χ1v) is 8.24. The zero-order valence-corrected chi connectivity index (χ0v) is 69.2. The maximum absolute atomic E-state index is 2.12. The van der Waals surface area contributed by atoms with Gasteiger partial charge in [-0.15, -0.1) is 0 Å². The van der Waals surface area contributed by atoms with E-state index in [1.807, 2.05) is 55.4 Å². The van der Waals surface area contributed by atoms with Gasteiger partial charge in [-0.1, -0.05) is 116 Å². The van der Waals surface area contributed by atoms with Crippen LogP contribution in [0.4, 0.5) is 0 Å². The van der Waals surface area contributed by atoms with Gasteiger partial charge in [0.2, 0.25) is 0 Å². The van der Waals surface area contributed by atoms with Crippen molar-refractivity contribution in [1.29, 1.82) is 0 Å². The largest absolute Gasteiger partial charge is 0.0683 e. The van der Waals surface area contributed by atoms with Crippen molar-refractivity contribution >= 4 is 0 Å². The van der Waals surface area contributed by atoms with Crippen molar-refractivity contribution in [3.8, 4) is 0 Å². The number of hydrogen-bond acceptors (Lipinski definition) is 0. The second-order valence-electron chi connectivity index (χ2n) is 2.12. The Hall–Kier alpha value is 63.0. The molecule has 0 N–H and O–H groups in total. The number of rotatable bonds is 0. The summed E-state index contributed by atoms with van der Waals surface area (Å²) in [6, 6.07) is 0. The normalized spacial score (nSPS) is 1.16. The molecule has 0 nitrogen and oxygen atoms in total. The van der Waals surface area contributed by atoms with E-state index in [0.29, 0.717) is 0 Å². The van der Waals surface area contributed by atoms with Crippen LogP contribution in [0.2, 0.25) is 0 Å². The molecule has 0 radical (unpaired) electrons. The fraction of sp³-hybridized carbons (Fsp3) is 1.00. The van der Waals surface area contributed by atoms with E-state index in [2.05, 4.69) is 41.5 Å². The van der Waals surface area contributed by atoms with Crippen molar-refractivity contribution < 1.29 is 1890 Å². The maximum atomic E-state index is 2.12. The third kappa shape index (κ3) is 524.